The van der Waals surface area contributed by atoms with Crippen molar-refractivity contribution < 1.29 is 5.11 Å². The van der Waals surface area contributed by atoms with E-state index in [0.717, 1.165) is 0 Å². The van der Waals surface area contributed by atoms with Gasteiger partial charge in [-0.05, 0) is 6.92 Å². The number of aliphatic hydroxyl groups excluding tert-OH is 1. The van der Waals surface area contributed by atoms with E-state index in [9.17, 15) is 0 Å². The summed E-state index contributed by atoms with van der Waals surface area (Å²) in [6, 6.07) is 0. The smallest absolute Gasteiger partial charge is 0.0634 e. The molecule has 3 nitrogen and oxygen atoms in total. The van der Waals surface area contributed by atoms with E-state index >= 15 is 0 Å². The molecule has 0 fully saturated rings. The minimum Gasteiger partial charge on any atom is -0.392 e. The highest BCUT2D eigenvalue weighted by atomic mass is 16.3. The summed E-state index contributed by atoms with van der Waals surface area (Å²) in [4.78, 5) is 0. The summed E-state index contributed by atoms with van der Waals surface area (Å²) in [6.07, 6.45) is -0.338. The normalized spacial score (nSPS) is 12.5. The quantitative estimate of drug-likeness (QED) is 0.407. The van der Waals surface area contributed by atoms with Gasteiger partial charge in [-0.15, -0.1) is 0 Å². The minimum absolute atomic E-state index is 0. The van der Waals surface area contributed by atoms with E-state index in [0.29, 0.717) is 6.54 Å². The number of aliphatic hydroxyl groups is 1. The first-order valence-corrected chi connectivity index (χ1v) is 1.65. The van der Waals surface area contributed by atoms with Crippen molar-refractivity contribution in [1.29, 1.82) is 0 Å². The predicted molar refractivity (Wildman–Crippen MR) is 25.8 cm³/mol. The third-order valence-corrected chi connectivity index (χ3v) is 0.341. The fourth-order valence-electron chi connectivity index (χ4n) is 0. The van der Waals surface area contributed by atoms with Crippen LogP contribution in [0.1, 0.15) is 6.92 Å². The zero-order valence-corrected chi connectivity index (χ0v) is 4.02. The van der Waals surface area contributed by atoms with Crippen LogP contribution in [0.5, 0.6) is 0 Å². The molecule has 40 valence electrons. The van der Waals surface area contributed by atoms with Crippen molar-refractivity contribution in [2.75, 3.05) is 6.54 Å². The van der Waals surface area contributed by atoms with Crippen LogP contribution in [-0.2, 0) is 0 Å². The largest absolute Gasteiger partial charge is 0.392 e. The Kier molecular flexibility index (Phi) is 7.57. The van der Waals surface area contributed by atoms with Gasteiger partial charge in [0.2, 0.25) is 0 Å². The molecule has 0 aliphatic heterocycles. The molecule has 3 heteroatoms. The third-order valence-electron chi connectivity index (χ3n) is 0.341. The molecule has 6 heavy (non-hydrogen) atoms. The van der Waals surface area contributed by atoms with E-state index in [1.54, 1.807) is 6.92 Å². The molecule has 0 spiro atoms. The highest BCUT2D eigenvalue weighted by Crippen LogP contribution is 1.65. The topological polar surface area (TPSA) is 81.2 Å². The predicted octanol–water partition coefficient (Wildman–Crippen LogP) is -0.512. The van der Waals surface area contributed by atoms with E-state index in [-0.39, 0.29) is 12.3 Å². The zero-order chi connectivity index (χ0) is 4.28. The maximum Gasteiger partial charge on any atom is 0.0634 e. The van der Waals surface area contributed by atoms with Crippen LogP contribution >= 0.6 is 0 Å². The Labute approximate surface area is 37.7 Å². The molecule has 0 radical (unpaired) electrons. The number of rotatable bonds is 1. The molecule has 0 aliphatic rings. The van der Waals surface area contributed by atoms with Crippen molar-refractivity contribution in [3.8, 4) is 0 Å². The Morgan fingerprint density at radius 3 is 2.00 bits per heavy atom. The Bertz CT molecular complexity index is 22.8. The fourth-order valence-corrected chi connectivity index (χ4v) is 0. The van der Waals surface area contributed by atoms with Gasteiger partial charge in [-0.2, -0.15) is 0 Å². The lowest BCUT2D eigenvalue weighted by atomic mass is 10.4. The van der Waals surface area contributed by atoms with Gasteiger partial charge in [0.15, 0.2) is 0 Å². The van der Waals surface area contributed by atoms with Crippen LogP contribution in [0.15, 0.2) is 0 Å². The molecule has 0 aromatic carbocycles. The molecular formula is C3H12N2O. The Hall–Kier alpha value is -0.120. The molecule has 6 N–H and O–H groups in total. The van der Waals surface area contributed by atoms with Crippen molar-refractivity contribution in [2.45, 2.75) is 13.0 Å². The van der Waals surface area contributed by atoms with Crippen LogP contribution in [0.2, 0.25) is 0 Å². The SMILES string of the molecule is CC(O)CN.N. The average Bonchev–Trinajstić information content (AvgIpc) is 1.38. The molecule has 0 rings (SSSR count). The Balaban J connectivity index is 0. The van der Waals surface area contributed by atoms with Crippen LogP contribution < -0.4 is 11.9 Å². The maximum atomic E-state index is 8.24. The Morgan fingerprint density at radius 1 is 1.83 bits per heavy atom. The van der Waals surface area contributed by atoms with Crippen LogP contribution in [0.25, 0.3) is 0 Å². The minimum atomic E-state index is -0.338. The highest BCUT2D eigenvalue weighted by molar-refractivity contribution is 4.40. The molecule has 0 heterocycles. The second-order valence-electron chi connectivity index (χ2n) is 1.08. The van der Waals surface area contributed by atoms with Crippen LogP contribution in [0, 0.1) is 0 Å². The first kappa shape index (κ1) is 9.30. The first-order chi connectivity index (χ1) is 2.27. The summed E-state index contributed by atoms with van der Waals surface area (Å²) in [6.45, 7) is 2.01. The van der Waals surface area contributed by atoms with Gasteiger partial charge < -0.3 is 17.0 Å². The molecule has 0 aliphatic carbocycles. The van der Waals surface area contributed by atoms with Crippen molar-refractivity contribution >= 4 is 0 Å². The molecule has 0 saturated heterocycles. The molecule has 1 unspecified atom stereocenters. The monoisotopic (exact) mass is 92.1 g/mol. The van der Waals surface area contributed by atoms with Crippen LogP contribution in [0.3, 0.4) is 0 Å². The summed E-state index contributed by atoms with van der Waals surface area (Å²) in [5.74, 6) is 0. The maximum absolute atomic E-state index is 8.24. The van der Waals surface area contributed by atoms with E-state index in [1.165, 1.54) is 0 Å². The van der Waals surface area contributed by atoms with Gasteiger partial charge in [0, 0.05) is 6.54 Å². The van der Waals surface area contributed by atoms with E-state index < -0.39 is 0 Å². The molecule has 0 bridgehead atoms. The van der Waals surface area contributed by atoms with Crippen molar-refractivity contribution in [3.63, 3.8) is 0 Å². The number of hydrogen-bond donors (Lipinski definition) is 3. The third kappa shape index (κ3) is 9.11. The summed E-state index contributed by atoms with van der Waals surface area (Å²) in [5, 5.41) is 8.24. The average molecular weight is 92.1 g/mol. The highest BCUT2D eigenvalue weighted by Gasteiger charge is 1.81. The molecule has 0 amide bonds. The van der Waals surface area contributed by atoms with Crippen molar-refractivity contribution in [2.24, 2.45) is 5.73 Å². The first-order valence-electron chi connectivity index (χ1n) is 1.65. The van der Waals surface area contributed by atoms with Gasteiger partial charge >= 0.3 is 0 Å². The molecular weight excluding hydrogens is 80.0 g/mol. The zero-order valence-electron chi connectivity index (χ0n) is 4.02. The van der Waals surface area contributed by atoms with E-state index in [4.69, 9.17) is 10.8 Å². The van der Waals surface area contributed by atoms with Gasteiger partial charge in [-0.25, -0.2) is 0 Å². The number of nitrogens with two attached hydrogens (primary N) is 1. The van der Waals surface area contributed by atoms with E-state index in [1.807, 2.05) is 0 Å². The fraction of sp³-hybridized carbons (Fsp3) is 1.00. The molecule has 0 aromatic heterocycles. The summed E-state index contributed by atoms with van der Waals surface area (Å²) >= 11 is 0. The standard InChI is InChI=1S/C3H9NO.H3N/c1-3(5)2-4;/h3,5H,2,4H2,1H3;1H3. The summed E-state index contributed by atoms with van der Waals surface area (Å²) < 4.78 is 0. The van der Waals surface area contributed by atoms with Crippen molar-refractivity contribution in [3.05, 3.63) is 0 Å². The van der Waals surface area contributed by atoms with Gasteiger partial charge in [0.25, 0.3) is 0 Å². The molecule has 0 aromatic rings. The molecule has 1 atom stereocenters. The molecule has 0 saturated carbocycles. The summed E-state index contributed by atoms with van der Waals surface area (Å²) in [7, 11) is 0. The van der Waals surface area contributed by atoms with Gasteiger partial charge in [0.05, 0.1) is 6.10 Å². The van der Waals surface area contributed by atoms with Crippen LogP contribution in [-0.4, -0.2) is 17.8 Å². The van der Waals surface area contributed by atoms with Gasteiger partial charge in [-0.1, -0.05) is 0 Å². The lowest BCUT2D eigenvalue weighted by Gasteiger charge is -1.91. The number of hydrogen-bond acceptors (Lipinski definition) is 3. The van der Waals surface area contributed by atoms with Gasteiger partial charge in [0.1, 0.15) is 0 Å². The Morgan fingerprint density at radius 2 is 2.00 bits per heavy atom. The van der Waals surface area contributed by atoms with E-state index in [2.05, 4.69) is 0 Å². The summed E-state index contributed by atoms with van der Waals surface area (Å²) in [5.41, 5.74) is 4.92. The second kappa shape index (κ2) is 4.88. The lowest BCUT2D eigenvalue weighted by molar-refractivity contribution is 0.203. The van der Waals surface area contributed by atoms with Crippen molar-refractivity contribution in [1.82, 2.24) is 6.15 Å². The lowest BCUT2D eigenvalue weighted by Crippen LogP contribution is -2.14. The van der Waals surface area contributed by atoms with Gasteiger partial charge in [-0.3, -0.25) is 0 Å². The van der Waals surface area contributed by atoms with Crippen LogP contribution in [0.4, 0.5) is 0 Å². The second-order valence-corrected chi connectivity index (χ2v) is 1.08.